The minimum Gasteiger partial charge on any atom is -0.0587 e. The molecule has 0 nitrogen and oxygen atoms in total. The lowest BCUT2D eigenvalue weighted by Gasteiger charge is -2.17. The molecule has 0 heterocycles. The van der Waals surface area contributed by atoms with Crippen molar-refractivity contribution >= 4 is 0 Å². The van der Waals surface area contributed by atoms with Crippen molar-refractivity contribution in [1.82, 2.24) is 0 Å². The average Bonchev–Trinajstić information content (AvgIpc) is 3.36. The standard InChI is InChI=1S/C30H24/c1-16-4-7-22-19(10-16)13-25-28(22)26-14-20-11-18(3)6-9-24(20)30(26)27-15-21-12-17(2)5-8-23(21)29(25)27/h4-12H,13-15H2,1-3H3. The van der Waals surface area contributed by atoms with Crippen molar-refractivity contribution in [2.75, 3.05) is 0 Å². The first kappa shape index (κ1) is 16.7. The molecule has 0 saturated carbocycles. The summed E-state index contributed by atoms with van der Waals surface area (Å²) in [5, 5.41) is 0. The second-order valence-electron chi connectivity index (χ2n) is 9.57. The summed E-state index contributed by atoms with van der Waals surface area (Å²) in [6, 6.07) is 21.2. The maximum absolute atomic E-state index is 2.41. The maximum Gasteiger partial charge on any atom is -0.000697 e. The largest absolute Gasteiger partial charge is 0.0587 e. The van der Waals surface area contributed by atoms with E-state index in [1.54, 1.807) is 33.4 Å². The molecule has 0 bridgehead atoms. The fourth-order valence-corrected chi connectivity index (χ4v) is 6.34. The Labute approximate surface area is 178 Å². The summed E-state index contributed by atoms with van der Waals surface area (Å²) in [4.78, 5) is 0. The van der Waals surface area contributed by atoms with Gasteiger partial charge >= 0.3 is 0 Å². The summed E-state index contributed by atoms with van der Waals surface area (Å²) in [7, 11) is 0. The van der Waals surface area contributed by atoms with E-state index >= 15 is 0 Å². The predicted molar refractivity (Wildman–Crippen MR) is 125 cm³/mol. The Morgan fingerprint density at radius 1 is 0.433 bits per heavy atom. The number of hydrogen-bond acceptors (Lipinski definition) is 0. The molecule has 4 aromatic rings. The SMILES string of the molecule is Cc1ccc2c(c1)Cc1c-2c2c(c3c1-c1ccc(C)cc1C3)-c1ccc(C)cc1C2. The van der Waals surface area contributed by atoms with Crippen LogP contribution >= 0.6 is 0 Å². The highest BCUT2D eigenvalue weighted by molar-refractivity contribution is 6.00. The van der Waals surface area contributed by atoms with Crippen LogP contribution in [0.5, 0.6) is 0 Å². The quantitative estimate of drug-likeness (QED) is 0.257. The normalized spacial score (nSPS) is 14.1. The van der Waals surface area contributed by atoms with E-state index in [9.17, 15) is 0 Å². The van der Waals surface area contributed by atoms with Crippen molar-refractivity contribution in [2.24, 2.45) is 0 Å². The van der Waals surface area contributed by atoms with Crippen LogP contribution in [-0.4, -0.2) is 0 Å². The molecule has 144 valence electrons. The van der Waals surface area contributed by atoms with Crippen LogP contribution in [0.2, 0.25) is 0 Å². The Kier molecular flexibility index (Phi) is 3.06. The zero-order chi connectivity index (χ0) is 20.1. The molecule has 0 aromatic heterocycles. The highest BCUT2D eigenvalue weighted by Gasteiger charge is 2.36. The van der Waals surface area contributed by atoms with Crippen LogP contribution in [0.15, 0.2) is 54.6 Å². The minimum absolute atomic E-state index is 1.07. The Balaban J connectivity index is 1.61. The summed E-state index contributed by atoms with van der Waals surface area (Å²) < 4.78 is 0. The van der Waals surface area contributed by atoms with Crippen molar-refractivity contribution in [3.8, 4) is 33.4 Å². The van der Waals surface area contributed by atoms with Crippen LogP contribution in [0.4, 0.5) is 0 Å². The highest BCUT2D eigenvalue weighted by atomic mass is 14.4. The Morgan fingerprint density at radius 2 is 0.733 bits per heavy atom. The molecule has 3 aliphatic rings. The summed E-state index contributed by atoms with van der Waals surface area (Å²) in [5.41, 5.74) is 22.4. The fourth-order valence-electron chi connectivity index (χ4n) is 6.34. The van der Waals surface area contributed by atoms with Crippen molar-refractivity contribution in [3.05, 3.63) is 105 Å². The zero-order valence-corrected chi connectivity index (χ0v) is 17.8. The van der Waals surface area contributed by atoms with E-state index in [1.807, 2.05) is 0 Å². The van der Waals surface area contributed by atoms with Gasteiger partial charge < -0.3 is 0 Å². The van der Waals surface area contributed by atoms with Crippen LogP contribution < -0.4 is 0 Å². The van der Waals surface area contributed by atoms with Gasteiger partial charge in [-0.15, -0.1) is 0 Å². The van der Waals surface area contributed by atoms with E-state index in [2.05, 4.69) is 75.4 Å². The first-order valence-corrected chi connectivity index (χ1v) is 11.1. The lowest BCUT2D eigenvalue weighted by atomic mass is 9.86. The molecule has 30 heavy (non-hydrogen) atoms. The summed E-state index contributed by atoms with van der Waals surface area (Å²) in [6.45, 7) is 6.65. The molecule has 0 atom stereocenters. The molecule has 3 aliphatic carbocycles. The summed E-state index contributed by atoms with van der Waals surface area (Å²) in [5.74, 6) is 0. The molecule has 0 amide bonds. The number of aryl methyl sites for hydroxylation is 3. The molecule has 0 unspecified atom stereocenters. The number of hydrogen-bond donors (Lipinski definition) is 0. The second kappa shape index (κ2) is 5.52. The molecule has 0 fully saturated rings. The molecule has 0 saturated heterocycles. The first-order valence-electron chi connectivity index (χ1n) is 11.1. The van der Waals surface area contributed by atoms with Gasteiger partial charge in [-0.1, -0.05) is 71.3 Å². The molecular weight excluding hydrogens is 360 g/mol. The molecule has 4 aromatic carbocycles. The monoisotopic (exact) mass is 384 g/mol. The molecule has 0 spiro atoms. The van der Waals surface area contributed by atoms with E-state index < -0.39 is 0 Å². The third-order valence-corrected chi connectivity index (χ3v) is 7.50. The minimum atomic E-state index is 1.07. The van der Waals surface area contributed by atoms with Crippen molar-refractivity contribution in [2.45, 2.75) is 40.0 Å². The predicted octanol–water partition coefficient (Wildman–Crippen LogP) is 7.33. The Hall–Kier alpha value is -3.12. The fraction of sp³-hybridized carbons (Fsp3) is 0.200. The second-order valence-corrected chi connectivity index (χ2v) is 9.57. The van der Waals surface area contributed by atoms with Crippen LogP contribution in [0.3, 0.4) is 0 Å². The van der Waals surface area contributed by atoms with Crippen LogP contribution in [0.1, 0.15) is 50.1 Å². The third-order valence-electron chi connectivity index (χ3n) is 7.50. The molecule has 0 heteroatoms. The van der Waals surface area contributed by atoms with E-state index in [-0.39, 0.29) is 0 Å². The van der Waals surface area contributed by atoms with Gasteiger partial charge in [0, 0.05) is 0 Å². The number of fused-ring (bicyclic) bond motifs is 12. The van der Waals surface area contributed by atoms with Gasteiger partial charge in [0.15, 0.2) is 0 Å². The topological polar surface area (TPSA) is 0 Å². The van der Waals surface area contributed by atoms with Gasteiger partial charge in [0.1, 0.15) is 0 Å². The van der Waals surface area contributed by atoms with Crippen LogP contribution in [-0.2, 0) is 19.3 Å². The van der Waals surface area contributed by atoms with Crippen molar-refractivity contribution < 1.29 is 0 Å². The molecule has 0 aliphatic heterocycles. The van der Waals surface area contributed by atoms with E-state index in [1.165, 1.54) is 50.1 Å². The molecule has 0 radical (unpaired) electrons. The van der Waals surface area contributed by atoms with E-state index in [4.69, 9.17) is 0 Å². The smallest absolute Gasteiger partial charge is 0.000697 e. The molecule has 0 N–H and O–H groups in total. The average molecular weight is 385 g/mol. The van der Waals surface area contributed by atoms with Gasteiger partial charge in [0.25, 0.3) is 0 Å². The van der Waals surface area contributed by atoms with Gasteiger partial charge in [0.05, 0.1) is 0 Å². The van der Waals surface area contributed by atoms with Gasteiger partial charge in [-0.2, -0.15) is 0 Å². The van der Waals surface area contributed by atoms with Gasteiger partial charge in [-0.05, 0) is 107 Å². The van der Waals surface area contributed by atoms with Crippen molar-refractivity contribution in [3.63, 3.8) is 0 Å². The van der Waals surface area contributed by atoms with E-state index in [0.29, 0.717) is 0 Å². The highest BCUT2D eigenvalue weighted by Crippen LogP contribution is 2.56. The third kappa shape index (κ3) is 2.02. The first-order chi connectivity index (χ1) is 14.6. The lowest BCUT2D eigenvalue weighted by Crippen LogP contribution is -1.96. The summed E-state index contributed by atoms with van der Waals surface area (Å²) >= 11 is 0. The lowest BCUT2D eigenvalue weighted by molar-refractivity contribution is 1.20. The van der Waals surface area contributed by atoms with Gasteiger partial charge in [-0.25, -0.2) is 0 Å². The molecule has 7 rings (SSSR count). The maximum atomic E-state index is 2.41. The van der Waals surface area contributed by atoms with Crippen molar-refractivity contribution in [1.29, 1.82) is 0 Å². The Morgan fingerprint density at radius 3 is 1.03 bits per heavy atom. The van der Waals surface area contributed by atoms with E-state index in [0.717, 1.165) is 19.3 Å². The van der Waals surface area contributed by atoms with Gasteiger partial charge in [0.2, 0.25) is 0 Å². The number of rotatable bonds is 0. The Bertz CT molecular complexity index is 1240. The molecular formula is C30H24. The van der Waals surface area contributed by atoms with Crippen LogP contribution in [0.25, 0.3) is 33.4 Å². The summed E-state index contributed by atoms with van der Waals surface area (Å²) in [6.07, 6.45) is 3.22. The number of benzene rings is 4. The van der Waals surface area contributed by atoms with Gasteiger partial charge in [-0.3, -0.25) is 0 Å². The zero-order valence-electron chi connectivity index (χ0n) is 17.8. The van der Waals surface area contributed by atoms with Crippen LogP contribution in [0, 0.1) is 20.8 Å².